The van der Waals surface area contributed by atoms with Crippen LogP contribution >= 0.6 is 0 Å². The van der Waals surface area contributed by atoms with Crippen molar-refractivity contribution in [2.45, 2.75) is 38.2 Å². The number of esters is 1. The van der Waals surface area contributed by atoms with E-state index in [0.29, 0.717) is 6.61 Å². The summed E-state index contributed by atoms with van der Waals surface area (Å²) in [6.45, 7) is 0.655. The maximum atomic E-state index is 11.2. The molecule has 0 spiro atoms. The molecule has 0 aromatic carbocycles. The van der Waals surface area contributed by atoms with Crippen LogP contribution in [0.5, 0.6) is 0 Å². The molecule has 0 saturated carbocycles. The molecule has 0 aromatic heterocycles. The molecule has 0 aliphatic carbocycles. The quantitative estimate of drug-likeness (QED) is 0.719. The van der Waals surface area contributed by atoms with Gasteiger partial charge in [-0.1, -0.05) is 0 Å². The summed E-state index contributed by atoms with van der Waals surface area (Å²) < 4.78 is 10.1. The van der Waals surface area contributed by atoms with Crippen LogP contribution in [-0.4, -0.2) is 36.9 Å². The van der Waals surface area contributed by atoms with E-state index >= 15 is 0 Å². The number of rotatable bonds is 5. The molecule has 16 heavy (non-hydrogen) atoms. The molecule has 1 aliphatic rings. The number of carboxylic acid groups (broad SMARTS) is 1. The van der Waals surface area contributed by atoms with Crippen molar-refractivity contribution in [3.63, 3.8) is 0 Å². The van der Waals surface area contributed by atoms with E-state index in [1.165, 1.54) is 7.11 Å². The van der Waals surface area contributed by atoms with Crippen LogP contribution < -0.4 is 0 Å². The van der Waals surface area contributed by atoms with E-state index in [4.69, 9.17) is 9.84 Å². The highest BCUT2D eigenvalue weighted by atomic mass is 16.5. The maximum absolute atomic E-state index is 11.2. The molecule has 92 valence electrons. The van der Waals surface area contributed by atoms with Gasteiger partial charge in [-0.25, -0.2) is 0 Å². The number of carbonyl (C=O) groups excluding carboxylic acids is 1. The zero-order chi connectivity index (χ0) is 12.0. The third-order valence-corrected chi connectivity index (χ3v) is 2.83. The molecule has 5 heteroatoms. The summed E-state index contributed by atoms with van der Waals surface area (Å²) >= 11 is 0. The highest BCUT2D eigenvalue weighted by Gasteiger charge is 2.28. The summed E-state index contributed by atoms with van der Waals surface area (Å²) in [6.07, 6.45) is 2.82. The number of ether oxygens (including phenoxy) is 2. The zero-order valence-corrected chi connectivity index (χ0v) is 9.48. The lowest BCUT2D eigenvalue weighted by Gasteiger charge is -2.28. The van der Waals surface area contributed by atoms with Crippen LogP contribution in [0.4, 0.5) is 0 Å². The van der Waals surface area contributed by atoms with Crippen LogP contribution in [0.25, 0.3) is 0 Å². The molecule has 1 N–H and O–H groups in total. The summed E-state index contributed by atoms with van der Waals surface area (Å²) in [5.74, 6) is -1.55. The van der Waals surface area contributed by atoms with Gasteiger partial charge in [-0.3, -0.25) is 9.59 Å². The van der Waals surface area contributed by atoms with Gasteiger partial charge in [0.2, 0.25) is 0 Å². The Morgan fingerprint density at radius 3 is 2.69 bits per heavy atom. The molecule has 0 bridgehead atoms. The number of methoxy groups -OCH3 is 1. The first-order valence-corrected chi connectivity index (χ1v) is 5.53. The lowest BCUT2D eigenvalue weighted by Crippen LogP contribution is -2.31. The molecule has 1 fully saturated rings. The third-order valence-electron chi connectivity index (χ3n) is 2.83. The van der Waals surface area contributed by atoms with Gasteiger partial charge in [-0.15, -0.1) is 0 Å². The minimum absolute atomic E-state index is 0.0419. The molecule has 1 saturated heterocycles. The number of carboxylic acids is 1. The van der Waals surface area contributed by atoms with E-state index in [-0.39, 0.29) is 30.8 Å². The normalized spacial score (nSPS) is 22.4. The second-order valence-electron chi connectivity index (χ2n) is 4.04. The van der Waals surface area contributed by atoms with Gasteiger partial charge in [-0.05, 0) is 19.3 Å². The largest absolute Gasteiger partial charge is 0.481 e. The third kappa shape index (κ3) is 4.18. The van der Waals surface area contributed by atoms with Gasteiger partial charge in [0, 0.05) is 12.5 Å². The fourth-order valence-corrected chi connectivity index (χ4v) is 1.99. The van der Waals surface area contributed by atoms with E-state index in [0.717, 1.165) is 19.3 Å². The topological polar surface area (TPSA) is 72.8 Å². The van der Waals surface area contributed by atoms with Gasteiger partial charge < -0.3 is 14.6 Å². The minimum atomic E-state index is -0.900. The van der Waals surface area contributed by atoms with Gasteiger partial charge in [0.15, 0.2) is 0 Å². The van der Waals surface area contributed by atoms with Crippen LogP contribution in [0.1, 0.15) is 32.1 Å². The standard InChI is InChI=1S/C11H18O5/c1-15-11(14)7-8(6-10(12)13)9-4-2-3-5-16-9/h8-9H,2-7H2,1H3,(H,12,13). The summed E-state index contributed by atoms with van der Waals surface area (Å²) in [5, 5.41) is 8.79. The van der Waals surface area contributed by atoms with E-state index < -0.39 is 5.97 Å². The first kappa shape index (κ1) is 13.0. The highest BCUT2D eigenvalue weighted by Crippen LogP contribution is 2.25. The highest BCUT2D eigenvalue weighted by molar-refractivity contribution is 5.72. The molecule has 1 heterocycles. The van der Waals surface area contributed by atoms with Crippen molar-refractivity contribution >= 4 is 11.9 Å². The van der Waals surface area contributed by atoms with Crippen molar-refractivity contribution in [3.8, 4) is 0 Å². The Balaban J connectivity index is 2.53. The molecular weight excluding hydrogens is 212 g/mol. The molecule has 2 atom stereocenters. The Morgan fingerprint density at radius 2 is 2.19 bits per heavy atom. The van der Waals surface area contributed by atoms with Gasteiger partial charge in [0.25, 0.3) is 0 Å². The monoisotopic (exact) mass is 230 g/mol. The summed E-state index contributed by atoms with van der Waals surface area (Å²) in [5.41, 5.74) is 0. The van der Waals surface area contributed by atoms with Gasteiger partial charge in [0.1, 0.15) is 0 Å². The van der Waals surface area contributed by atoms with Crippen LogP contribution in [-0.2, 0) is 19.1 Å². The van der Waals surface area contributed by atoms with Gasteiger partial charge in [-0.2, -0.15) is 0 Å². The molecule has 1 aliphatic heterocycles. The average Bonchev–Trinajstić information content (AvgIpc) is 2.28. The van der Waals surface area contributed by atoms with Crippen molar-refractivity contribution in [3.05, 3.63) is 0 Å². The van der Waals surface area contributed by atoms with Crippen molar-refractivity contribution in [2.24, 2.45) is 5.92 Å². The fourth-order valence-electron chi connectivity index (χ4n) is 1.99. The van der Waals surface area contributed by atoms with Crippen LogP contribution in [0.3, 0.4) is 0 Å². The summed E-state index contributed by atoms with van der Waals surface area (Å²) in [6, 6.07) is 0. The van der Waals surface area contributed by atoms with E-state index in [9.17, 15) is 9.59 Å². The Morgan fingerprint density at radius 1 is 1.44 bits per heavy atom. The Bertz CT molecular complexity index is 245. The molecule has 2 unspecified atom stereocenters. The first-order valence-electron chi connectivity index (χ1n) is 5.53. The molecule has 0 aromatic rings. The van der Waals surface area contributed by atoms with Gasteiger partial charge in [0.05, 0.1) is 26.1 Å². The van der Waals surface area contributed by atoms with Crippen molar-refractivity contribution in [2.75, 3.05) is 13.7 Å². The van der Waals surface area contributed by atoms with Crippen LogP contribution in [0.15, 0.2) is 0 Å². The predicted octanol–water partition coefficient (Wildman–Crippen LogP) is 1.21. The van der Waals surface area contributed by atoms with E-state index in [1.54, 1.807) is 0 Å². The van der Waals surface area contributed by atoms with E-state index in [2.05, 4.69) is 4.74 Å². The van der Waals surface area contributed by atoms with Crippen molar-refractivity contribution < 1.29 is 24.2 Å². The lowest BCUT2D eigenvalue weighted by atomic mass is 9.90. The van der Waals surface area contributed by atoms with Crippen molar-refractivity contribution in [1.29, 1.82) is 0 Å². The number of aliphatic carboxylic acids is 1. The molecule has 0 amide bonds. The van der Waals surface area contributed by atoms with Crippen LogP contribution in [0.2, 0.25) is 0 Å². The Kier molecular flexibility index (Phi) is 5.25. The minimum Gasteiger partial charge on any atom is -0.481 e. The zero-order valence-electron chi connectivity index (χ0n) is 9.48. The molecule has 0 radical (unpaired) electrons. The fraction of sp³-hybridized carbons (Fsp3) is 0.818. The van der Waals surface area contributed by atoms with Crippen molar-refractivity contribution in [1.82, 2.24) is 0 Å². The molecular formula is C11H18O5. The predicted molar refractivity (Wildman–Crippen MR) is 56.0 cm³/mol. The van der Waals surface area contributed by atoms with Crippen LogP contribution in [0, 0.1) is 5.92 Å². The number of hydrogen-bond donors (Lipinski definition) is 1. The van der Waals surface area contributed by atoms with Gasteiger partial charge >= 0.3 is 11.9 Å². The number of hydrogen-bond acceptors (Lipinski definition) is 4. The maximum Gasteiger partial charge on any atom is 0.305 e. The van der Waals surface area contributed by atoms with E-state index in [1.807, 2.05) is 0 Å². The second-order valence-corrected chi connectivity index (χ2v) is 4.04. The Hall–Kier alpha value is -1.10. The summed E-state index contributed by atoms with van der Waals surface area (Å²) in [4.78, 5) is 21.9. The Labute approximate surface area is 94.7 Å². The smallest absolute Gasteiger partial charge is 0.305 e. The summed E-state index contributed by atoms with van der Waals surface area (Å²) in [7, 11) is 1.31. The lowest BCUT2D eigenvalue weighted by molar-refractivity contribution is -0.146. The molecule has 1 rings (SSSR count). The first-order chi connectivity index (χ1) is 7.63. The SMILES string of the molecule is COC(=O)CC(CC(=O)O)C1CCCCO1. The second kappa shape index (κ2) is 6.48. The molecule has 5 nitrogen and oxygen atoms in total. The average molecular weight is 230 g/mol. The number of carbonyl (C=O) groups is 2.